The van der Waals surface area contributed by atoms with Crippen LogP contribution in [0.25, 0.3) is 0 Å². The van der Waals surface area contributed by atoms with Crippen LogP contribution in [0.4, 0.5) is 5.69 Å². The molecule has 1 aliphatic rings. The maximum absolute atomic E-state index is 13.3. The summed E-state index contributed by atoms with van der Waals surface area (Å²) in [6.45, 7) is 6.60. The summed E-state index contributed by atoms with van der Waals surface area (Å²) < 4.78 is 29.5. The number of carbonyl (C=O) groups is 1. The van der Waals surface area contributed by atoms with E-state index in [2.05, 4.69) is 15.3 Å². The molecular formula is C21H29N5O3S. The Balaban J connectivity index is 2.00. The van der Waals surface area contributed by atoms with Crippen molar-refractivity contribution >= 4 is 21.8 Å². The van der Waals surface area contributed by atoms with Gasteiger partial charge in [-0.05, 0) is 31.9 Å². The number of carbonyl (C=O) groups excluding carboxylic acids is 1. The van der Waals surface area contributed by atoms with Crippen LogP contribution in [0.2, 0.25) is 0 Å². The number of benzene rings is 1. The van der Waals surface area contributed by atoms with Crippen molar-refractivity contribution in [3.63, 3.8) is 0 Å². The van der Waals surface area contributed by atoms with E-state index in [1.807, 2.05) is 32.0 Å². The van der Waals surface area contributed by atoms with Crippen LogP contribution in [-0.2, 0) is 10.2 Å². The summed E-state index contributed by atoms with van der Waals surface area (Å²) >= 11 is 0. The lowest BCUT2D eigenvalue weighted by Crippen LogP contribution is -2.47. The maximum atomic E-state index is 13.3. The predicted molar refractivity (Wildman–Crippen MR) is 116 cm³/mol. The average Bonchev–Trinajstić information content (AvgIpc) is 2.75. The number of amides is 1. The average molecular weight is 432 g/mol. The number of anilines is 1. The van der Waals surface area contributed by atoms with E-state index in [9.17, 15) is 13.2 Å². The van der Waals surface area contributed by atoms with Gasteiger partial charge in [0.25, 0.3) is 16.1 Å². The molecule has 0 saturated carbocycles. The first-order valence-electron chi connectivity index (χ1n) is 10.3. The van der Waals surface area contributed by atoms with Crippen molar-refractivity contribution in [2.45, 2.75) is 46.1 Å². The van der Waals surface area contributed by atoms with Crippen molar-refractivity contribution in [1.82, 2.24) is 18.6 Å². The molecule has 2 heterocycles. The topological polar surface area (TPSA) is 95.5 Å². The first-order valence-corrected chi connectivity index (χ1v) is 11.7. The van der Waals surface area contributed by atoms with Gasteiger partial charge in [-0.15, -0.1) is 0 Å². The van der Waals surface area contributed by atoms with Gasteiger partial charge in [0.05, 0.1) is 17.3 Å². The molecule has 162 valence electrons. The number of rotatable bonds is 7. The molecule has 1 aromatic carbocycles. The van der Waals surface area contributed by atoms with Gasteiger partial charge in [0.1, 0.15) is 5.82 Å². The van der Waals surface area contributed by atoms with Crippen molar-refractivity contribution in [3.8, 4) is 0 Å². The Morgan fingerprint density at radius 3 is 2.57 bits per heavy atom. The minimum atomic E-state index is -3.66. The summed E-state index contributed by atoms with van der Waals surface area (Å²) in [5.74, 6) is 0.161. The molecule has 0 unspecified atom stereocenters. The molecule has 0 aliphatic carbocycles. The van der Waals surface area contributed by atoms with E-state index in [0.717, 1.165) is 12.8 Å². The van der Waals surface area contributed by atoms with E-state index >= 15 is 0 Å². The van der Waals surface area contributed by atoms with E-state index < -0.39 is 16.3 Å². The minimum Gasteiger partial charge on any atom is -0.322 e. The second-order valence-corrected chi connectivity index (χ2v) is 9.13. The monoisotopic (exact) mass is 431 g/mol. The fraction of sp³-hybridized carbons (Fsp3) is 0.476. The number of nitrogens with zero attached hydrogens (tertiary/aromatic N) is 4. The second kappa shape index (κ2) is 9.63. The first-order chi connectivity index (χ1) is 14.4. The van der Waals surface area contributed by atoms with Gasteiger partial charge >= 0.3 is 0 Å². The molecule has 1 aliphatic heterocycles. The van der Waals surface area contributed by atoms with Gasteiger partial charge in [-0.3, -0.25) is 4.79 Å². The Kier molecular flexibility index (Phi) is 7.17. The van der Waals surface area contributed by atoms with Crippen LogP contribution in [0.5, 0.6) is 0 Å². The van der Waals surface area contributed by atoms with E-state index in [1.165, 1.54) is 14.8 Å². The van der Waals surface area contributed by atoms with Crippen LogP contribution in [0, 0.1) is 6.92 Å². The Hall–Kier alpha value is -2.36. The Morgan fingerprint density at radius 2 is 1.90 bits per heavy atom. The molecule has 2 aromatic rings. The Morgan fingerprint density at radius 1 is 1.20 bits per heavy atom. The molecular weight excluding hydrogens is 402 g/mol. The number of hydrogen-bond donors (Lipinski definition) is 1. The van der Waals surface area contributed by atoms with Gasteiger partial charge in [-0.2, -0.15) is 17.0 Å². The van der Waals surface area contributed by atoms with Gasteiger partial charge in [0, 0.05) is 31.5 Å². The molecule has 1 amide bonds. The normalized spacial score (nSPS) is 17.8. The lowest BCUT2D eigenvalue weighted by molar-refractivity contribution is 0.102. The van der Waals surface area contributed by atoms with Crippen molar-refractivity contribution in [3.05, 3.63) is 53.6 Å². The lowest BCUT2D eigenvalue weighted by Gasteiger charge is -2.37. The van der Waals surface area contributed by atoms with E-state index in [1.54, 1.807) is 19.1 Å². The third-order valence-corrected chi connectivity index (χ3v) is 7.51. The van der Waals surface area contributed by atoms with E-state index in [4.69, 9.17) is 0 Å². The van der Waals surface area contributed by atoms with E-state index in [0.29, 0.717) is 48.8 Å². The highest BCUT2D eigenvalue weighted by atomic mass is 32.2. The van der Waals surface area contributed by atoms with Crippen molar-refractivity contribution in [2.24, 2.45) is 0 Å². The number of piperidine rings is 1. The van der Waals surface area contributed by atoms with E-state index in [-0.39, 0.29) is 5.91 Å². The fourth-order valence-electron chi connectivity index (χ4n) is 3.79. The number of para-hydroxylation sites is 1. The fourth-order valence-corrected chi connectivity index (χ4v) is 5.62. The molecule has 1 atom stereocenters. The van der Waals surface area contributed by atoms with Gasteiger partial charge in [0.15, 0.2) is 0 Å². The molecule has 1 saturated heterocycles. The van der Waals surface area contributed by atoms with Crippen LogP contribution < -0.4 is 5.32 Å². The molecule has 0 spiro atoms. The molecule has 8 nitrogen and oxygen atoms in total. The Bertz CT molecular complexity index is 977. The van der Waals surface area contributed by atoms with Crippen LogP contribution in [-0.4, -0.2) is 52.5 Å². The summed E-state index contributed by atoms with van der Waals surface area (Å²) in [6.07, 6.45) is 3.76. The smallest absolute Gasteiger partial charge is 0.282 e. The summed E-state index contributed by atoms with van der Waals surface area (Å²) in [4.78, 5) is 21.8. The molecule has 9 heteroatoms. The molecule has 1 fully saturated rings. The standard InChI is InChI=1S/C21H29N5O3S/c1-4-25(5-2)30(28,29)26-14-10-9-13-19(26)20-18(15-22-16(3)23-20)21(27)24-17-11-7-6-8-12-17/h6-8,11-12,15,19H,4-5,9-10,13-14H2,1-3H3,(H,24,27)/t19-/m0/s1. The lowest BCUT2D eigenvalue weighted by atomic mass is 9.98. The number of aryl methyl sites for hydroxylation is 1. The summed E-state index contributed by atoms with van der Waals surface area (Å²) in [7, 11) is -3.66. The molecule has 0 radical (unpaired) electrons. The first kappa shape index (κ1) is 22.3. The number of aromatic nitrogens is 2. The summed E-state index contributed by atoms with van der Waals surface area (Å²) in [5.41, 5.74) is 1.42. The maximum Gasteiger partial charge on any atom is 0.282 e. The second-order valence-electron chi connectivity index (χ2n) is 7.25. The molecule has 1 N–H and O–H groups in total. The molecule has 0 bridgehead atoms. The zero-order chi connectivity index (χ0) is 21.7. The van der Waals surface area contributed by atoms with Gasteiger partial charge in [-0.25, -0.2) is 9.97 Å². The van der Waals surface area contributed by atoms with Gasteiger partial charge in [0.2, 0.25) is 0 Å². The van der Waals surface area contributed by atoms with Gasteiger partial charge in [-0.1, -0.05) is 38.5 Å². The SMILES string of the molecule is CCN(CC)S(=O)(=O)N1CCCC[C@H]1c1nc(C)ncc1C(=O)Nc1ccccc1. The highest BCUT2D eigenvalue weighted by molar-refractivity contribution is 7.86. The largest absolute Gasteiger partial charge is 0.322 e. The van der Waals surface area contributed by atoms with Crippen molar-refractivity contribution in [2.75, 3.05) is 25.0 Å². The summed E-state index contributed by atoms with van der Waals surface area (Å²) in [5, 5.41) is 2.86. The van der Waals surface area contributed by atoms with Crippen LogP contribution in [0.15, 0.2) is 36.5 Å². The van der Waals surface area contributed by atoms with Crippen molar-refractivity contribution < 1.29 is 13.2 Å². The quantitative estimate of drug-likeness (QED) is 0.727. The van der Waals surface area contributed by atoms with Crippen LogP contribution in [0.1, 0.15) is 61.0 Å². The molecule has 3 rings (SSSR count). The molecule has 30 heavy (non-hydrogen) atoms. The third kappa shape index (κ3) is 4.69. The van der Waals surface area contributed by atoms with Gasteiger partial charge < -0.3 is 5.32 Å². The summed E-state index contributed by atoms with van der Waals surface area (Å²) in [6, 6.07) is 8.63. The zero-order valence-electron chi connectivity index (χ0n) is 17.7. The third-order valence-electron chi connectivity index (χ3n) is 5.31. The highest BCUT2D eigenvalue weighted by Gasteiger charge is 2.38. The van der Waals surface area contributed by atoms with Crippen LogP contribution >= 0.6 is 0 Å². The number of nitrogens with one attached hydrogen (secondary N) is 1. The highest BCUT2D eigenvalue weighted by Crippen LogP contribution is 2.35. The Labute approximate surface area is 178 Å². The predicted octanol–water partition coefficient (Wildman–Crippen LogP) is 3.15. The van der Waals surface area contributed by atoms with Crippen molar-refractivity contribution in [1.29, 1.82) is 0 Å². The number of hydrogen-bond acceptors (Lipinski definition) is 5. The molecule has 1 aromatic heterocycles. The van der Waals surface area contributed by atoms with Crippen LogP contribution in [0.3, 0.4) is 0 Å². The zero-order valence-corrected chi connectivity index (χ0v) is 18.5. The minimum absolute atomic E-state index is 0.302.